The number of carbonyl (C=O) groups is 4. The minimum atomic E-state index is -5.08. The van der Waals surface area contributed by atoms with Gasteiger partial charge in [-0.1, -0.05) is 30.3 Å². The predicted octanol–water partition coefficient (Wildman–Crippen LogP) is 2.35. The van der Waals surface area contributed by atoms with Gasteiger partial charge in [0.25, 0.3) is 5.91 Å². The van der Waals surface area contributed by atoms with Crippen molar-refractivity contribution in [3.63, 3.8) is 0 Å². The number of alkyl halides is 3. The van der Waals surface area contributed by atoms with Gasteiger partial charge < -0.3 is 25.5 Å². The summed E-state index contributed by atoms with van der Waals surface area (Å²) >= 11 is 0. The summed E-state index contributed by atoms with van der Waals surface area (Å²) in [5.74, 6) is -3.19. The van der Waals surface area contributed by atoms with Crippen molar-refractivity contribution in [2.75, 3.05) is 38.0 Å². The van der Waals surface area contributed by atoms with Crippen LogP contribution in [0.4, 0.5) is 18.9 Å². The van der Waals surface area contributed by atoms with E-state index in [1.54, 1.807) is 34.1 Å². The van der Waals surface area contributed by atoms with Crippen molar-refractivity contribution in [2.45, 2.75) is 19.6 Å². The fourth-order valence-corrected chi connectivity index (χ4v) is 3.26. The van der Waals surface area contributed by atoms with Gasteiger partial charge in [-0.3, -0.25) is 14.4 Å². The minimum Gasteiger partial charge on any atom is -0.475 e. The molecule has 1 aliphatic rings. The lowest BCUT2D eigenvalue weighted by Gasteiger charge is -2.30. The number of piperazine rings is 1. The quantitative estimate of drug-likeness (QED) is 0.551. The third kappa shape index (κ3) is 9.37. The van der Waals surface area contributed by atoms with Crippen molar-refractivity contribution in [1.82, 2.24) is 15.1 Å². The summed E-state index contributed by atoms with van der Waals surface area (Å²) < 4.78 is 31.7. The van der Waals surface area contributed by atoms with Crippen molar-refractivity contribution >= 4 is 29.4 Å². The average molecular weight is 508 g/mol. The van der Waals surface area contributed by atoms with Gasteiger partial charge in [-0.15, -0.1) is 0 Å². The number of carbonyl (C=O) groups excluding carboxylic acids is 3. The molecule has 12 heteroatoms. The van der Waals surface area contributed by atoms with E-state index in [-0.39, 0.29) is 24.3 Å². The van der Waals surface area contributed by atoms with Crippen LogP contribution in [0.3, 0.4) is 0 Å². The maximum atomic E-state index is 13.2. The Morgan fingerprint density at radius 2 is 1.56 bits per heavy atom. The summed E-state index contributed by atoms with van der Waals surface area (Å²) in [7, 11) is 0. The molecule has 3 rings (SSSR count). The molecule has 194 valence electrons. The number of carboxylic acids is 1. The number of nitrogens with one attached hydrogen (secondary N) is 2. The lowest BCUT2D eigenvalue weighted by Crippen LogP contribution is -2.50. The molecule has 0 aliphatic carbocycles. The number of benzene rings is 2. The van der Waals surface area contributed by atoms with E-state index < -0.39 is 12.1 Å². The number of aliphatic carboxylic acids is 1. The smallest absolute Gasteiger partial charge is 0.475 e. The molecule has 3 amide bonds. The Morgan fingerprint density at radius 1 is 1.00 bits per heavy atom. The van der Waals surface area contributed by atoms with E-state index >= 15 is 0 Å². The molecule has 9 nitrogen and oxygen atoms in total. The third-order valence-electron chi connectivity index (χ3n) is 4.99. The van der Waals surface area contributed by atoms with Crippen LogP contribution in [-0.4, -0.2) is 77.5 Å². The molecule has 0 spiro atoms. The van der Waals surface area contributed by atoms with Gasteiger partial charge in [0.1, 0.15) is 6.54 Å². The first-order valence-electron chi connectivity index (χ1n) is 11.0. The molecule has 0 atom stereocenters. The molecule has 0 aromatic heterocycles. The standard InChI is InChI=1S/C22H26N4O3.C2HF3O2/c1-17(27)24-20-9-7-19(8-10-20)22(29)26(15-18-5-3-2-4-6-18)16-21(28)25-13-11-23-12-14-25;3-2(4,5)1(6)7/h2-10,23H,11-16H2,1H3,(H,24,27);(H,6,7). The molecule has 0 unspecified atom stereocenters. The second-order valence-electron chi connectivity index (χ2n) is 7.84. The summed E-state index contributed by atoms with van der Waals surface area (Å²) in [6, 6.07) is 16.3. The average Bonchev–Trinajstić information content (AvgIpc) is 2.84. The van der Waals surface area contributed by atoms with Crippen molar-refractivity contribution in [3.8, 4) is 0 Å². The van der Waals surface area contributed by atoms with E-state index in [1.165, 1.54) is 6.92 Å². The fourth-order valence-electron chi connectivity index (χ4n) is 3.26. The topological polar surface area (TPSA) is 119 Å². The highest BCUT2D eigenvalue weighted by molar-refractivity contribution is 5.97. The molecule has 1 saturated heterocycles. The zero-order valence-corrected chi connectivity index (χ0v) is 19.5. The maximum absolute atomic E-state index is 13.2. The van der Waals surface area contributed by atoms with Gasteiger partial charge in [0.15, 0.2) is 0 Å². The Hall–Kier alpha value is -3.93. The number of hydrogen-bond acceptors (Lipinski definition) is 5. The molecule has 36 heavy (non-hydrogen) atoms. The Bertz CT molecular complexity index is 1040. The van der Waals surface area contributed by atoms with Crippen molar-refractivity contribution in [1.29, 1.82) is 0 Å². The molecule has 1 fully saturated rings. The number of rotatable bonds is 6. The van der Waals surface area contributed by atoms with Gasteiger partial charge in [-0.25, -0.2) is 4.79 Å². The van der Waals surface area contributed by atoms with E-state index in [4.69, 9.17) is 9.90 Å². The van der Waals surface area contributed by atoms with E-state index in [0.717, 1.165) is 18.7 Å². The van der Waals surface area contributed by atoms with Crippen LogP contribution in [0.15, 0.2) is 54.6 Å². The van der Waals surface area contributed by atoms with Crippen LogP contribution >= 0.6 is 0 Å². The number of anilines is 1. The highest BCUT2D eigenvalue weighted by Gasteiger charge is 2.38. The summed E-state index contributed by atoms with van der Waals surface area (Å²) in [6.45, 7) is 4.65. The first-order valence-corrected chi connectivity index (χ1v) is 11.0. The molecule has 1 heterocycles. The Balaban J connectivity index is 0.000000572. The largest absolute Gasteiger partial charge is 0.490 e. The van der Waals surface area contributed by atoms with Gasteiger partial charge in [0.05, 0.1) is 0 Å². The van der Waals surface area contributed by atoms with E-state index in [1.807, 2.05) is 30.3 Å². The van der Waals surface area contributed by atoms with Crippen LogP contribution in [0, 0.1) is 0 Å². The number of amides is 3. The summed E-state index contributed by atoms with van der Waals surface area (Å²) in [4.78, 5) is 49.4. The summed E-state index contributed by atoms with van der Waals surface area (Å²) in [5, 5.41) is 13.0. The molecule has 2 aromatic rings. The van der Waals surface area contributed by atoms with Crippen molar-refractivity contribution < 1.29 is 37.5 Å². The second kappa shape index (κ2) is 13.2. The summed E-state index contributed by atoms with van der Waals surface area (Å²) in [6.07, 6.45) is -5.08. The second-order valence-corrected chi connectivity index (χ2v) is 7.84. The van der Waals surface area contributed by atoms with E-state index in [2.05, 4.69) is 10.6 Å². The van der Waals surface area contributed by atoms with Gasteiger partial charge in [0.2, 0.25) is 11.8 Å². The number of carboxylic acid groups (broad SMARTS) is 1. The number of hydrogen-bond donors (Lipinski definition) is 3. The first kappa shape index (κ1) is 28.3. The molecule has 0 radical (unpaired) electrons. The highest BCUT2D eigenvalue weighted by Crippen LogP contribution is 2.15. The molecular weight excluding hydrogens is 481 g/mol. The minimum absolute atomic E-state index is 0.0289. The fraction of sp³-hybridized carbons (Fsp3) is 0.333. The highest BCUT2D eigenvalue weighted by atomic mass is 19.4. The van der Waals surface area contributed by atoms with Gasteiger partial charge in [-0.2, -0.15) is 13.2 Å². The maximum Gasteiger partial charge on any atom is 0.490 e. The van der Waals surface area contributed by atoms with Crippen LogP contribution in [0.2, 0.25) is 0 Å². The normalized spacial score (nSPS) is 13.2. The third-order valence-corrected chi connectivity index (χ3v) is 4.99. The lowest BCUT2D eigenvalue weighted by molar-refractivity contribution is -0.192. The molecule has 3 N–H and O–H groups in total. The van der Waals surface area contributed by atoms with Crippen LogP contribution in [0.1, 0.15) is 22.8 Å². The predicted molar refractivity (Wildman–Crippen MR) is 125 cm³/mol. The van der Waals surface area contributed by atoms with Gasteiger partial charge in [0, 0.05) is 50.9 Å². The number of halogens is 3. The van der Waals surface area contributed by atoms with Crippen molar-refractivity contribution in [3.05, 3.63) is 65.7 Å². The molecule has 0 saturated carbocycles. The van der Waals surface area contributed by atoms with Crippen LogP contribution in [-0.2, 0) is 20.9 Å². The zero-order chi connectivity index (χ0) is 26.7. The SMILES string of the molecule is CC(=O)Nc1ccc(C(=O)N(CC(=O)N2CCNCC2)Cc2ccccc2)cc1.O=C(O)C(F)(F)F. The Morgan fingerprint density at radius 3 is 2.06 bits per heavy atom. The first-order chi connectivity index (χ1) is 17.0. The summed E-state index contributed by atoms with van der Waals surface area (Å²) in [5.41, 5.74) is 2.06. The van der Waals surface area contributed by atoms with E-state index in [0.29, 0.717) is 30.9 Å². The molecule has 0 bridgehead atoms. The van der Waals surface area contributed by atoms with Crippen molar-refractivity contribution in [2.24, 2.45) is 0 Å². The van der Waals surface area contributed by atoms with E-state index in [9.17, 15) is 27.6 Å². The Labute approximate surface area is 205 Å². The lowest BCUT2D eigenvalue weighted by atomic mass is 10.1. The van der Waals surface area contributed by atoms with Crippen LogP contribution in [0.25, 0.3) is 0 Å². The molecule has 1 aliphatic heterocycles. The monoisotopic (exact) mass is 508 g/mol. The zero-order valence-electron chi connectivity index (χ0n) is 19.5. The van der Waals surface area contributed by atoms with Crippen LogP contribution in [0.5, 0.6) is 0 Å². The van der Waals surface area contributed by atoms with Gasteiger partial charge >= 0.3 is 12.1 Å². The van der Waals surface area contributed by atoms with Gasteiger partial charge in [-0.05, 0) is 29.8 Å². The number of nitrogens with zero attached hydrogens (tertiary/aromatic N) is 2. The Kier molecular flexibility index (Phi) is 10.4. The molecular formula is C24H27F3N4O5. The van der Waals surface area contributed by atoms with Crippen LogP contribution < -0.4 is 10.6 Å². The molecule has 2 aromatic carbocycles.